The lowest BCUT2D eigenvalue weighted by molar-refractivity contribution is 0.927. The standard InChI is InChI=1S/C8H13N/c9-7-6-8-4-2-1-3-5-8/h2,4-5H,1,3,6-7,9H2. The lowest BCUT2D eigenvalue weighted by Crippen LogP contribution is -1.99. The van der Waals surface area contributed by atoms with Gasteiger partial charge in [-0.2, -0.15) is 0 Å². The summed E-state index contributed by atoms with van der Waals surface area (Å²) in [7, 11) is 0. The van der Waals surface area contributed by atoms with Crippen LogP contribution in [0.15, 0.2) is 23.8 Å². The molecule has 0 fully saturated rings. The molecule has 0 radical (unpaired) electrons. The molecule has 0 unspecified atom stereocenters. The Balaban J connectivity index is 2.38. The second kappa shape index (κ2) is 3.46. The summed E-state index contributed by atoms with van der Waals surface area (Å²) in [6, 6.07) is 0. The van der Waals surface area contributed by atoms with Crippen LogP contribution in [0.2, 0.25) is 0 Å². The second-order valence-corrected chi connectivity index (χ2v) is 2.30. The molecule has 1 aliphatic rings. The second-order valence-electron chi connectivity index (χ2n) is 2.30. The smallest absolute Gasteiger partial charge is 0.00368 e. The van der Waals surface area contributed by atoms with Gasteiger partial charge in [0.05, 0.1) is 0 Å². The molecule has 0 aromatic carbocycles. The molecule has 1 heteroatoms. The highest BCUT2D eigenvalue weighted by molar-refractivity contribution is 5.21. The van der Waals surface area contributed by atoms with E-state index in [2.05, 4.69) is 18.2 Å². The largest absolute Gasteiger partial charge is 0.330 e. The van der Waals surface area contributed by atoms with Crippen molar-refractivity contribution in [3.05, 3.63) is 23.8 Å². The van der Waals surface area contributed by atoms with E-state index in [4.69, 9.17) is 5.73 Å². The van der Waals surface area contributed by atoms with Gasteiger partial charge in [0.15, 0.2) is 0 Å². The molecule has 0 heterocycles. The molecule has 50 valence electrons. The maximum absolute atomic E-state index is 5.38. The molecule has 1 nitrogen and oxygen atoms in total. The summed E-state index contributed by atoms with van der Waals surface area (Å²) < 4.78 is 0. The fourth-order valence-corrected chi connectivity index (χ4v) is 1.02. The van der Waals surface area contributed by atoms with E-state index in [0.29, 0.717) is 0 Å². The first-order valence-electron chi connectivity index (χ1n) is 3.49. The zero-order chi connectivity index (χ0) is 6.53. The van der Waals surface area contributed by atoms with Crippen LogP contribution >= 0.6 is 0 Å². The van der Waals surface area contributed by atoms with Crippen molar-refractivity contribution in [1.29, 1.82) is 0 Å². The van der Waals surface area contributed by atoms with Crippen LogP contribution in [-0.2, 0) is 0 Å². The molecule has 9 heavy (non-hydrogen) atoms. The van der Waals surface area contributed by atoms with Gasteiger partial charge in [0.2, 0.25) is 0 Å². The van der Waals surface area contributed by atoms with Crippen LogP contribution in [0.5, 0.6) is 0 Å². The molecule has 0 aromatic rings. The van der Waals surface area contributed by atoms with Crippen LogP contribution in [-0.4, -0.2) is 6.54 Å². The highest BCUT2D eigenvalue weighted by atomic mass is 14.5. The van der Waals surface area contributed by atoms with Gasteiger partial charge in [-0.15, -0.1) is 0 Å². The summed E-state index contributed by atoms with van der Waals surface area (Å²) in [5.74, 6) is 0. The molecule has 0 saturated carbocycles. The Morgan fingerprint density at radius 1 is 1.44 bits per heavy atom. The van der Waals surface area contributed by atoms with Gasteiger partial charge >= 0.3 is 0 Å². The number of hydrogen-bond donors (Lipinski definition) is 1. The van der Waals surface area contributed by atoms with Crippen molar-refractivity contribution < 1.29 is 0 Å². The Bertz CT molecular complexity index is 134. The number of nitrogens with two attached hydrogens (primary N) is 1. The van der Waals surface area contributed by atoms with Gasteiger partial charge < -0.3 is 5.73 Å². The van der Waals surface area contributed by atoms with Gasteiger partial charge in [0, 0.05) is 0 Å². The van der Waals surface area contributed by atoms with Crippen LogP contribution in [0.1, 0.15) is 19.3 Å². The van der Waals surface area contributed by atoms with Crippen molar-refractivity contribution in [3.8, 4) is 0 Å². The predicted molar refractivity (Wildman–Crippen MR) is 40.1 cm³/mol. The molecule has 0 spiro atoms. The molecule has 2 N–H and O–H groups in total. The van der Waals surface area contributed by atoms with Crippen LogP contribution in [0.3, 0.4) is 0 Å². The molecule has 0 aliphatic heterocycles. The average molecular weight is 123 g/mol. The third-order valence-corrected chi connectivity index (χ3v) is 1.50. The number of hydrogen-bond acceptors (Lipinski definition) is 1. The van der Waals surface area contributed by atoms with Crippen molar-refractivity contribution in [2.45, 2.75) is 19.3 Å². The number of rotatable bonds is 2. The molecule has 0 bridgehead atoms. The molecule has 1 aliphatic carbocycles. The number of allylic oxidation sites excluding steroid dienone is 3. The maximum Gasteiger partial charge on any atom is -0.00368 e. The minimum Gasteiger partial charge on any atom is -0.330 e. The topological polar surface area (TPSA) is 26.0 Å². The quantitative estimate of drug-likeness (QED) is 0.593. The van der Waals surface area contributed by atoms with Crippen LogP contribution in [0.4, 0.5) is 0 Å². The van der Waals surface area contributed by atoms with E-state index in [1.807, 2.05) is 0 Å². The molecular weight excluding hydrogens is 110 g/mol. The van der Waals surface area contributed by atoms with Gasteiger partial charge in [-0.05, 0) is 25.8 Å². The summed E-state index contributed by atoms with van der Waals surface area (Å²) in [6.07, 6.45) is 10.1. The van der Waals surface area contributed by atoms with E-state index < -0.39 is 0 Å². The van der Waals surface area contributed by atoms with Gasteiger partial charge in [0.25, 0.3) is 0 Å². The first-order chi connectivity index (χ1) is 4.43. The van der Waals surface area contributed by atoms with Crippen LogP contribution < -0.4 is 5.73 Å². The summed E-state index contributed by atoms with van der Waals surface area (Å²) >= 11 is 0. The van der Waals surface area contributed by atoms with Gasteiger partial charge in [0.1, 0.15) is 0 Å². The van der Waals surface area contributed by atoms with E-state index in [-0.39, 0.29) is 0 Å². The Kier molecular flexibility index (Phi) is 2.52. The highest BCUT2D eigenvalue weighted by Gasteiger charge is 1.93. The van der Waals surface area contributed by atoms with Gasteiger partial charge in [-0.25, -0.2) is 0 Å². The third-order valence-electron chi connectivity index (χ3n) is 1.50. The predicted octanol–water partition coefficient (Wildman–Crippen LogP) is 1.61. The van der Waals surface area contributed by atoms with Gasteiger partial charge in [-0.1, -0.05) is 23.8 Å². The highest BCUT2D eigenvalue weighted by Crippen LogP contribution is 2.11. The molecular formula is C8H13N. The molecule has 0 aromatic heterocycles. The Labute approximate surface area is 56.2 Å². The summed E-state index contributed by atoms with van der Waals surface area (Å²) in [5, 5.41) is 0. The molecule has 0 atom stereocenters. The summed E-state index contributed by atoms with van der Waals surface area (Å²) in [5.41, 5.74) is 6.79. The summed E-state index contributed by atoms with van der Waals surface area (Å²) in [6.45, 7) is 0.774. The Morgan fingerprint density at radius 2 is 2.33 bits per heavy atom. The van der Waals surface area contributed by atoms with E-state index >= 15 is 0 Å². The van der Waals surface area contributed by atoms with E-state index in [9.17, 15) is 0 Å². The molecule has 1 rings (SSSR count). The SMILES string of the molecule is NCCC1=CCCC=C1. The Morgan fingerprint density at radius 3 is 2.89 bits per heavy atom. The van der Waals surface area contributed by atoms with Crippen LogP contribution in [0, 0.1) is 0 Å². The monoisotopic (exact) mass is 123 g/mol. The first kappa shape index (κ1) is 6.56. The van der Waals surface area contributed by atoms with Crippen molar-refractivity contribution in [1.82, 2.24) is 0 Å². The van der Waals surface area contributed by atoms with Crippen molar-refractivity contribution in [3.63, 3.8) is 0 Å². The fourth-order valence-electron chi connectivity index (χ4n) is 1.02. The third kappa shape index (κ3) is 2.02. The van der Waals surface area contributed by atoms with E-state index in [0.717, 1.165) is 13.0 Å². The lowest BCUT2D eigenvalue weighted by Gasteiger charge is -2.03. The minimum absolute atomic E-state index is 0.774. The summed E-state index contributed by atoms with van der Waals surface area (Å²) in [4.78, 5) is 0. The normalized spacial score (nSPS) is 17.7. The van der Waals surface area contributed by atoms with E-state index in [1.165, 1.54) is 18.4 Å². The van der Waals surface area contributed by atoms with Crippen LogP contribution in [0.25, 0.3) is 0 Å². The fraction of sp³-hybridized carbons (Fsp3) is 0.500. The zero-order valence-electron chi connectivity index (χ0n) is 5.64. The first-order valence-corrected chi connectivity index (χ1v) is 3.49. The van der Waals surface area contributed by atoms with Crippen molar-refractivity contribution >= 4 is 0 Å². The van der Waals surface area contributed by atoms with E-state index in [1.54, 1.807) is 0 Å². The molecule has 0 saturated heterocycles. The maximum atomic E-state index is 5.38. The minimum atomic E-state index is 0.774. The van der Waals surface area contributed by atoms with Gasteiger partial charge in [-0.3, -0.25) is 0 Å². The Hall–Kier alpha value is -0.560. The zero-order valence-corrected chi connectivity index (χ0v) is 5.64. The van der Waals surface area contributed by atoms with Crippen molar-refractivity contribution in [2.24, 2.45) is 5.73 Å². The average Bonchev–Trinajstić information content (AvgIpc) is 1.91. The lowest BCUT2D eigenvalue weighted by atomic mass is 10.0. The molecule has 0 amide bonds. The van der Waals surface area contributed by atoms with Crippen molar-refractivity contribution in [2.75, 3.05) is 6.54 Å².